The summed E-state index contributed by atoms with van der Waals surface area (Å²) in [5, 5.41) is 5.56. The van der Waals surface area contributed by atoms with Crippen molar-refractivity contribution in [3.05, 3.63) is 58.7 Å². The molecule has 2 aromatic carbocycles. The Morgan fingerprint density at radius 2 is 1.62 bits per heavy atom. The van der Waals surface area contributed by atoms with Crippen LogP contribution in [0, 0.1) is 13.8 Å². The fourth-order valence-electron chi connectivity index (χ4n) is 2.86. The summed E-state index contributed by atoms with van der Waals surface area (Å²) in [6.07, 6.45) is 0. The lowest BCUT2D eigenvalue weighted by atomic mass is 10.1. The Bertz CT molecular complexity index is 864. The van der Waals surface area contributed by atoms with Gasteiger partial charge in [-0.1, -0.05) is 12.1 Å². The van der Waals surface area contributed by atoms with Crippen molar-refractivity contribution < 1.29 is 19.1 Å². The first-order chi connectivity index (χ1) is 13.8. The molecule has 156 valence electrons. The zero-order valence-electron chi connectivity index (χ0n) is 17.8. The molecular formula is C23H30N2O4. The fourth-order valence-corrected chi connectivity index (χ4v) is 2.86. The van der Waals surface area contributed by atoms with E-state index >= 15 is 0 Å². The van der Waals surface area contributed by atoms with Crippen molar-refractivity contribution in [2.24, 2.45) is 0 Å². The van der Waals surface area contributed by atoms with Gasteiger partial charge in [-0.25, -0.2) is 0 Å². The maximum atomic E-state index is 12.3. The van der Waals surface area contributed by atoms with Crippen LogP contribution in [-0.2, 0) is 4.79 Å². The van der Waals surface area contributed by atoms with Crippen molar-refractivity contribution in [2.45, 2.75) is 40.7 Å². The number of rotatable bonds is 9. The first kappa shape index (κ1) is 22.3. The molecule has 0 saturated heterocycles. The molecule has 0 unspecified atom stereocenters. The van der Waals surface area contributed by atoms with E-state index in [9.17, 15) is 9.59 Å². The molecule has 6 heteroatoms. The highest BCUT2D eigenvalue weighted by atomic mass is 16.5. The quantitative estimate of drug-likeness (QED) is 0.675. The standard InChI is InChI=1S/C23H30N2O4/c1-6-28-20-11-10-18(13-21(20)29-7-2)17(5)25-22(26)14-24-23(27)19-9-8-15(3)16(4)12-19/h8-13,17H,6-7,14H2,1-5H3,(H,24,27)(H,25,26)/t17-/m0/s1. The van der Waals surface area contributed by atoms with Gasteiger partial charge in [0.2, 0.25) is 5.91 Å². The lowest BCUT2D eigenvalue weighted by molar-refractivity contribution is -0.120. The molecule has 0 aliphatic rings. The molecule has 0 spiro atoms. The summed E-state index contributed by atoms with van der Waals surface area (Å²) in [4.78, 5) is 24.5. The molecule has 2 rings (SSSR count). The van der Waals surface area contributed by atoms with Gasteiger partial charge in [0.1, 0.15) is 0 Å². The number of nitrogens with one attached hydrogen (secondary N) is 2. The monoisotopic (exact) mass is 398 g/mol. The smallest absolute Gasteiger partial charge is 0.251 e. The Balaban J connectivity index is 1.95. The second-order valence-corrected chi connectivity index (χ2v) is 6.84. The van der Waals surface area contributed by atoms with Crippen LogP contribution in [0.4, 0.5) is 0 Å². The highest BCUT2D eigenvalue weighted by molar-refractivity contribution is 5.96. The molecule has 2 amide bonds. The summed E-state index contributed by atoms with van der Waals surface area (Å²) in [5.74, 6) is 0.797. The van der Waals surface area contributed by atoms with Crippen LogP contribution in [-0.4, -0.2) is 31.6 Å². The molecule has 29 heavy (non-hydrogen) atoms. The molecule has 0 bridgehead atoms. The van der Waals surface area contributed by atoms with Crippen molar-refractivity contribution in [3.63, 3.8) is 0 Å². The van der Waals surface area contributed by atoms with Crippen LogP contribution in [0.3, 0.4) is 0 Å². The Morgan fingerprint density at radius 1 is 0.931 bits per heavy atom. The van der Waals surface area contributed by atoms with Crippen molar-refractivity contribution in [3.8, 4) is 11.5 Å². The zero-order valence-corrected chi connectivity index (χ0v) is 17.8. The van der Waals surface area contributed by atoms with E-state index in [1.165, 1.54) is 0 Å². The van der Waals surface area contributed by atoms with Crippen molar-refractivity contribution in [1.82, 2.24) is 10.6 Å². The molecule has 0 aliphatic heterocycles. The summed E-state index contributed by atoms with van der Waals surface area (Å²) in [6, 6.07) is 10.8. The van der Waals surface area contributed by atoms with Crippen molar-refractivity contribution in [2.75, 3.05) is 19.8 Å². The number of carbonyl (C=O) groups is 2. The van der Waals surface area contributed by atoms with E-state index in [-0.39, 0.29) is 24.4 Å². The zero-order chi connectivity index (χ0) is 21.4. The van der Waals surface area contributed by atoms with E-state index in [0.717, 1.165) is 16.7 Å². The predicted octanol–water partition coefficient (Wildman–Crippen LogP) is 3.71. The Hall–Kier alpha value is -3.02. The van der Waals surface area contributed by atoms with Gasteiger partial charge in [-0.2, -0.15) is 0 Å². The van der Waals surface area contributed by atoms with E-state index in [4.69, 9.17) is 9.47 Å². The predicted molar refractivity (Wildman–Crippen MR) is 114 cm³/mol. The van der Waals surface area contributed by atoms with Crippen LogP contribution in [0.25, 0.3) is 0 Å². The number of carbonyl (C=O) groups excluding carboxylic acids is 2. The largest absolute Gasteiger partial charge is 0.490 e. The van der Waals surface area contributed by atoms with Gasteiger partial charge in [0.05, 0.1) is 25.8 Å². The third-order valence-corrected chi connectivity index (χ3v) is 4.62. The van der Waals surface area contributed by atoms with Gasteiger partial charge in [0, 0.05) is 5.56 Å². The van der Waals surface area contributed by atoms with Gasteiger partial charge < -0.3 is 20.1 Å². The summed E-state index contributed by atoms with van der Waals surface area (Å²) in [6.45, 7) is 10.6. The normalized spacial score (nSPS) is 11.5. The molecule has 2 N–H and O–H groups in total. The molecule has 0 radical (unpaired) electrons. The minimum absolute atomic E-state index is 0.0918. The average molecular weight is 399 g/mol. The van der Waals surface area contributed by atoms with Gasteiger partial charge in [0.25, 0.3) is 5.91 Å². The maximum absolute atomic E-state index is 12.3. The number of hydrogen-bond acceptors (Lipinski definition) is 4. The molecule has 0 fully saturated rings. The van der Waals surface area contributed by atoms with Gasteiger partial charge in [-0.15, -0.1) is 0 Å². The summed E-state index contributed by atoms with van der Waals surface area (Å²) in [7, 11) is 0. The number of amides is 2. The Kier molecular flexibility index (Phi) is 8.07. The van der Waals surface area contributed by atoms with Gasteiger partial charge in [-0.3, -0.25) is 9.59 Å². The number of benzene rings is 2. The molecule has 6 nitrogen and oxygen atoms in total. The molecular weight excluding hydrogens is 368 g/mol. The number of hydrogen-bond donors (Lipinski definition) is 2. The second kappa shape index (κ2) is 10.5. The SMILES string of the molecule is CCOc1ccc([C@H](C)NC(=O)CNC(=O)c2ccc(C)c(C)c2)cc1OCC. The lowest BCUT2D eigenvalue weighted by Gasteiger charge is -2.18. The highest BCUT2D eigenvalue weighted by Gasteiger charge is 2.14. The van der Waals surface area contributed by atoms with Crippen LogP contribution < -0.4 is 20.1 Å². The van der Waals surface area contributed by atoms with Crippen LogP contribution in [0.5, 0.6) is 11.5 Å². The Morgan fingerprint density at radius 3 is 2.28 bits per heavy atom. The Labute approximate surface area is 172 Å². The molecule has 2 aromatic rings. The van der Waals surface area contributed by atoms with Crippen LogP contribution in [0.15, 0.2) is 36.4 Å². The van der Waals surface area contributed by atoms with E-state index in [1.807, 2.05) is 65.0 Å². The van der Waals surface area contributed by atoms with Crippen molar-refractivity contribution >= 4 is 11.8 Å². The van der Waals surface area contributed by atoms with E-state index < -0.39 is 0 Å². The third kappa shape index (κ3) is 6.24. The lowest BCUT2D eigenvalue weighted by Crippen LogP contribution is -2.38. The van der Waals surface area contributed by atoms with Crippen LogP contribution in [0.2, 0.25) is 0 Å². The second-order valence-electron chi connectivity index (χ2n) is 6.84. The summed E-state index contributed by atoms with van der Waals surface area (Å²) < 4.78 is 11.2. The highest BCUT2D eigenvalue weighted by Crippen LogP contribution is 2.30. The number of ether oxygens (including phenoxy) is 2. The van der Waals surface area contributed by atoms with Crippen LogP contribution in [0.1, 0.15) is 53.9 Å². The molecule has 0 heterocycles. The van der Waals surface area contributed by atoms with Gasteiger partial charge >= 0.3 is 0 Å². The van der Waals surface area contributed by atoms with E-state index in [1.54, 1.807) is 6.07 Å². The minimum atomic E-state index is -0.268. The summed E-state index contributed by atoms with van der Waals surface area (Å²) >= 11 is 0. The fraction of sp³-hybridized carbons (Fsp3) is 0.391. The van der Waals surface area contributed by atoms with E-state index in [2.05, 4.69) is 10.6 Å². The van der Waals surface area contributed by atoms with Crippen molar-refractivity contribution in [1.29, 1.82) is 0 Å². The van der Waals surface area contributed by atoms with Gasteiger partial charge in [-0.05, 0) is 75.6 Å². The molecule has 0 aliphatic carbocycles. The minimum Gasteiger partial charge on any atom is -0.490 e. The summed E-state index contributed by atoms with van der Waals surface area (Å²) in [5.41, 5.74) is 3.60. The van der Waals surface area contributed by atoms with Crippen LogP contribution >= 0.6 is 0 Å². The van der Waals surface area contributed by atoms with Gasteiger partial charge in [0.15, 0.2) is 11.5 Å². The van der Waals surface area contributed by atoms with E-state index in [0.29, 0.717) is 30.3 Å². The first-order valence-corrected chi connectivity index (χ1v) is 9.90. The first-order valence-electron chi connectivity index (χ1n) is 9.90. The number of aryl methyl sites for hydroxylation is 2. The average Bonchev–Trinajstić information content (AvgIpc) is 2.69. The molecule has 0 saturated carbocycles. The topological polar surface area (TPSA) is 76.7 Å². The molecule has 0 aromatic heterocycles. The maximum Gasteiger partial charge on any atom is 0.251 e. The third-order valence-electron chi connectivity index (χ3n) is 4.62. The molecule has 1 atom stereocenters.